The predicted octanol–water partition coefficient (Wildman–Crippen LogP) is 4.07. The van der Waals surface area contributed by atoms with Crippen LogP contribution in [0.2, 0.25) is 10.0 Å². The minimum absolute atomic E-state index is 0.0524. The van der Waals surface area contributed by atoms with Crippen LogP contribution in [0.3, 0.4) is 0 Å². The van der Waals surface area contributed by atoms with Crippen LogP contribution >= 0.6 is 47.6 Å². The first-order valence-electron chi connectivity index (χ1n) is 12.3. The van der Waals surface area contributed by atoms with Crippen LogP contribution in [0.15, 0.2) is 72.8 Å². The van der Waals surface area contributed by atoms with Gasteiger partial charge in [0.15, 0.2) is 23.4 Å². The lowest BCUT2D eigenvalue weighted by Gasteiger charge is -2.19. The molecular weight excluding hydrogens is 623 g/mol. The summed E-state index contributed by atoms with van der Waals surface area (Å²) in [4.78, 5) is 55.4. The molecule has 214 valence electrons. The molecule has 2 fully saturated rings. The molecule has 2 aliphatic rings. The Balaban J connectivity index is 1.12. The summed E-state index contributed by atoms with van der Waals surface area (Å²) in [6.07, 6.45) is 0. The van der Waals surface area contributed by atoms with Gasteiger partial charge in [-0.15, -0.1) is 0 Å². The molecule has 2 aliphatic heterocycles. The van der Waals surface area contributed by atoms with Gasteiger partial charge >= 0.3 is 0 Å². The number of halogens is 2. The zero-order valence-electron chi connectivity index (χ0n) is 21.6. The van der Waals surface area contributed by atoms with Crippen LogP contribution in [0.25, 0.3) is 0 Å². The number of carbonyl (C=O) groups is 4. The van der Waals surface area contributed by atoms with E-state index in [0.717, 1.165) is 9.80 Å². The number of amides is 4. The highest BCUT2D eigenvalue weighted by Crippen LogP contribution is 2.25. The molecule has 0 aliphatic carbocycles. The lowest BCUT2D eigenvalue weighted by Crippen LogP contribution is -2.40. The molecule has 3 aromatic carbocycles. The van der Waals surface area contributed by atoms with E-state index in [9.17, 15) is 19.2 Å². The topological polar surface area (TPSA) is 99.7 Å². The summed E-state index contributed by atoms with van der Waals surface area (Å²) in [5, 5.41) is 1.17. The van der Waals surface area contributed by atoms with Gasteiger partial charge in [0.1, 0.15) is 24.6 Å². The molecule has 14 heteroatoms. The molecule has 5 rings (SSSR count). The largest absolute Gasteiger partial charge is 0.484 e. The van der Waals surface area contributed by atoms with Gasteiger partial charge in [0.05, 0.1) is 0 Å². The summed E-state index contributed by atoms with van der Waals surface area (Å²) in [6.45, 7) is -1.02. The zero-order chi connectivity index (χ0) is 30.0. The summed E-state index contributed by atoms with van der Waals surface area (Å²) in [5.41, 5.74) is 1.27. The molecule has 0 aromatic heterocycles. The fourth-order valence-electron chi connectivity index (χ4n) is 4.19. The zero-order valence-corrected chi connectivity index (χ0v) is 24.7. The molecule has 2 heterocycles. The molecular formula is C28H20Cl2N4O6S2. The summed E-state index contributed by atoms with van der Waals surface area (Å²) >= 11 is 22.6. The van der Waals surface area contributed by atoms with Crippen LogP contribution in [0, 0.1) is 0 Å². The van der Waals surface area contributed by atoms with Crippen molar-refractivity contribution < 1.29 is 28.7 Å². The van der Waals surface area contributed by atoms with E-state index in [0.29, 0.717) is 32.9 Å². The third-order valence-electron chi connectivity index (χ3n) is 6.25. The van der Waals surface area contributed by atoms with Gasteiger partial charge < -0.3 is 19.3 Å². The van der Waals surface area contributed by atoms with Gasteiger partial charge in [-0.1, -0.05) is 23.2 Å². The van der Waals surface area contributed by atoms with Crippen molar-refractivity contribution >= 4 is 92.9 Å². The van der Waals surface area contributed by atoms with Crippen molar-refractivity contribution in [1.29, 1.82) is 0 Å². The van der Waals surface area contributed by atoms with E-state index >= 15 is 0 Å². The maximum atomic E-state index is 12.8. The lowest BCUT2D eigenvalue weighted by atomic mass is 10.3. The van der Waals surface area contributed by atoms with E-state index in [2.05, 4.69) is 0 Å². The second kappa shape index (κ2) is 12.4. The molecule has 0 unspecified atom stereocenters. The standard InChI is InChI=1S/C28H20Cl2N4O6S2/c29-17-1-5-19(6-2-17)31-13-23(35)33(27(31)41)25(37)15-39-21-9-11-22(12-10-21)40-16-26(38)34-24(36)14-32(28(34)42)20-7-3-18(30)4-8-20/h1-12H,13-16H2. The highest BCUT2D eigenvalue weighted by atomic mass is 35.5. The number of anilines is 2. The van der Waals surface area contributed by atoms with E-state index in [4.69, 9.17) is 57.1 Å². The molecule has 10 nitrogen and oxygen atoms in total. The third-order valence-corrected chi connectivity index (χ3v) is 7.56. The molecule has 0 N–H and O–H groups in total. The molecule has 0 spiro atoms. The smallest absolute Gasteiger partial charge is 0.273 e. The fraction of sp³-hybridized carbons (Fsp3) is 0.143. The third kappa shape index (κ3) is 6.21. The van der Waals surface area contributed by atoms with E-state index < -0.39 is 36.8 Å². The number of nitrogens with zero attached hydrogens (tertiary/aromatic N) is 4. The SMILES string of the molecule is O=C(COc1ccc(OCC(=O)N2C(=O)CN(c3ccc(Cl)cc3)C2=S)cc1)N1C(=O)CN(c2ccc(Cl)cc2)C1=S. The Labute approximate surface area is 260 Å². The summed E-state index contributed by atoms with van der Waals surface area (Å²) < 4.78 is 11.1. The molecule has 3 aromatic rings. The summed E-state index contributed by atoms with van der Waals surface area (Å²) in [6, 6.07) is 19.6. The minimum Gasteiger partial charge on any atom is -0.484 e. The van der Waals surface area contributed by atoms with Crippen molar-refractivity contribution in [3.63, 3.8) is 0 Å². The Hall–Kier alpha value is -4.10. The van der Waals surface area contributed by atoms with E-state index in [1.165, 1.54) is 34.1 Å². The molecule has 0 atom stereocenters. The second-order valence-electron chi connectivity index (χ2n) is 8.98. The van der Waals surface area contributed by atoms with Gasteiger partial charge in [-0.2, -0.15) is 0 Å². The number of imide groups is 2. The van der Waals surface area contributed by atoms with Gasteiger partial charge in [-0.25, -0.2) is 9.80 Å². The first kappa shape index (κ1) is 29.4. The van der Waals surface area contributed by atoms with Crippen LogP contribution in [-0.4, -0.2) is 70.0 Å². The van der Waals surface area contributed by atoms with E-state index in [-0.39, 0.29) is 23.3 Å². The Morgan fingerprint density at radius 3 is 1.29 bits per heavy atom. The van der Waals surface area contributed by atoms with Crippen LogP contribution in [0.4, 0.5) is 11.4 Å². The maximum Gasteiger partial charge on any atom is 0.273 e. The average molecular weight is 644 g/mol. The van der Waals surface area contributed by atoms with Crippen molar-refractivity contribution in [2.45, 2.75) is 0 Å². The molecule has 4 amide bonds. The van der Waals surface area contributed by atoms with Crippen molar-refractivity contribution in [2.24, 2.45) is 0 Å². The van der Waals surface area contributed by atoms with Crippen LogP contribution in [-0.2, 0) is 19.2 Å². The second-order valence-corrected chi connectivity index (χ2v) is 10.6. The van der Waals surface area contributed by atoms with Gasteiger partial charge in [-0.05, 0) is 97.2 Å². The normalized spacial score (nSPS) is 15.1. The number of carbonyl (C=O) groups excluding carboxylic acids is 4. The quantitative estimate of drug-likeness (QED) is 0.334. The minimum atomic E-state index is -0.619. The van der Waals surface area contributed by atoms with Crippen molar-refractivity contribution in [1.82, 2.24) is 9.80 Å². The van der Waals surface area contributed by atoms with Gasteiger partial charge in [0.2, 0.25) is 0 Å². The van der Waals surface area contributed by atoms with E-state index in [1.54, 1.807) is 48.5 Å². The van der Waals surface area contributed by atoms with Crippen LogP contribution in [0.1, 0.15) is 0 Å². The molecule has 2 saturated heterocycles. The highest BCUT2D eigenvalue weighted by Gasteiger charge is 2.39. The van der Waals surface area contributed by atoms with E-state index in [1.807, 2.05) is 0 Å². The summed E-state index contributed by atoms with van der Waals surface area (Å²) in [5.74, 6) is -1.53. The summed E-state index contributed by atoms with van der Waals surface area (Å²) in [7, 11) is 0. The van der Waals surface area contributed by atoms with Crippen molar-refractivity contribution in [3.8, 4) is 11.5 Å². The molecule has 0 bridgehead atoms. The number of thiocarbonyl (C=S) groups is 2. The Morgan fingerprint density at radius 1 is 0.619 bits per heavy atom. The Bertz CT molecular complexity index is 1470. The number of rotatable bonds is 8. The average Bonchev–Trinajstić information content (AvgIpc) is 3.45. The molecule has 0 radical (unpaired) electrons. The number of ether oxygens (including phenoxy) is 2. The number of benzene rings is 3. The van der Waals surface area contributed by atoms with Gasteiger partial charge in [0, 0.05) is 21.4 Å². The first-order chi connectivity index (χ1) is 20.1. The van der Waals surface area contributed by atoms with Gasteiger partial charge in [-0.3, -0.25) is 19.2 Å². The van der Waals surface area contributed by atoms with Gasteiger partial charge in [0.25, 0.3) is 23.6 Å². The fourth-order valence-corrected chi connectivity index (χ4v) is 5.19. The highest BCUT2D eigenvalue weighted by molar-refractivity contribution is 7.80. The Kier molecular flexibility index (Phi) is 8.69. The maximum absolute atomic E-state index is 12.8. The molecule has 0 saturated carbocycles. The first-order valence-corrected chi connectivity index (χ1v) is 13.9. The predicted molar refractivity (Wildman–Crippen MR) is 164 cm³/mol. The Morgan fingerprint density at radius 2 is 0.952 bits per heavy atom. The van der Waals surface area contributed by atoms with Crippen molar-refractivity contribution in [3.05, 3.63) is 82.8 Å². The number of hydrogen-bond donors (Lipinski definition) is 0. The van der Waals surface area contributed by atoms with Crippen LogP contribution < -0.4 is 19.3 Å². The molecule has 42 heavy (non-hydrogen) atoms. The number of hydrogen-bond acceptors (Lipinski definition) is 8. The lowest BCUT2D eigenvalue weighted by molar-refractivity contribution is -0.140. The monoisotopic (exact) mass is 642 g/mol. The van der Waals surface area contributed by atoms with Crippen LogP contribution in [0.5, 0.6) is 11.5 Å². The van der Waals surface area contributed by atoms with Crippen molar-refractivity contribution in [2.75, 3.05) is 36.1 Å².